The van der Waals surface area contributed by atoms with Gasteiger partial charge in [0.1, 0.15) is 6.10 Å². The molecule has 0 aliphatic rings. The lowest BCUT2D eigenvalue weighted by Gasteiger charge is -2.15. The molecule has 5 nitrogen and oxygen atoms in total. The Labute approximate surface area is 100 Å². The summed E-state index contributed by atoms with van der Waals surface area (Å²) in [6.07, 6.45) is 0.618. The highest BCUT2D eigenvalue weighted by Gasteiger charge is 2.14. The van der Waals surface area contributed by atoms with Gasteiger partial charge in [0, 0.05) is 11.3 Å². The lowest BCUT2D eigenvalue weighted by atomic mass is 10.1. The van der Waals surface area contributed by atoms with Crippen molar-refractivity contribution in [1.82, 2.24) is 0 Å². The Balaban J connectivity index is 2.73. The molecule has 0 bridgehead atoms. The summed E-state index contributed by atoms with van der Waals surface area (Å²) in [5.74, 6) is -0.269. The summed E-state index contributed by atoms with van der Waals surface area (Å²) >= 11 is 0. The molecule has 1 rings (SSSR count). The molecule has 0 saturated carbocycles. The van der Waals surface area contributed by atoms with E-state index in [1.807, 2.05) is 37.3 Å². The average molecular weight is 233 g/mol. The highest BCUT2D eigenvalue weighted by molar-refractivity contribution is 5.69. The minimum absolute atomic E-state index is 0.121. The van der Waals surface area contributed by atoms with Gasteiger partial charge in [-0.05, 0) is 17.5 Å². The molecule has 1 atom stereocenters. The largest absolute Gasteiger partial charge is 0.457 e. The molecule has 0 aromatic heterocycles. The van der Waals surface area contributed by atoms with E-state index in [0.717, 1.165) is 12.0 Å². The Morgan fingerprint density at radius 1 is 1.47 bits per heavy atom. The van der Waals surface area contributed by atoms with E-state index in [1.165, 1.54) is 0 Å². The van der Waals surface area contributed by atoms with Crippen molar-refractivity contribution in [3.05, 3.63) is 46.3 Å². The molecule has 90 valence electrons. The molecule has 0 aliphatic heterocycles. The first-order valence-corrected chi connectivity index (χ1v) is 5.53. The number of nitrogens with zero attached hydrogens (tertiary/aromatic N) is 3. The Kier molecular flexibility index (Phi) is 5.61. The zero-order valence-corrected chi connectivity index (χ0v) is 9.74. The van der Waals surface area contributed by atoms with Crippen LogP contribution in [-0.2, 0) is 9.53 Å². The van der Waals surface area contributed by atoms with Crippen molar-refractivity contribution >= 4 is 5.97 Å². The molecule has 0 amide bonds. The lowest BCUT2D eigenvalue weighted by Crippen LogP contribution is -2.13. The topological polar surface area (TPSA) is 75.1 Å². The SMILES string of the molecule is CCCC(=O)O[C@@H](CN=[N+]=[N-])c1ccccc1. The summed E-state index contributed by atoms with van der Waals surface area (Å²) in [6.45, 7) is 2.03. The van der Waals surface area contributed by atoms with Crippen LogP contribution in [0, 0.1) is 0 Å². The van der Waals surface area contributed by atoms with Crippen LogP contribution in [0.3, 0.4) is 0 Å². The number of azide groups is 1. The molecule has 0 saturated heterocycles. The van der Waals surface area contributed by atoms with Crippen molar-refractivity contribution < 1.29 is 9.53 Å². The number of ether oxygens (including phenoxy) is 1. The van der Waals surface area contributed by atoms with Gasteiger partial charge in [0.2, 0.25) is 0 Å². The van der Waals surface area contributed by atoms with E-state index < -0.39 is 6.10 Å². The number of carbonyl (C=O) groups excluding carboxylic acids is 1. The molecular weight excluding hydrogens is 218 g/mol. The molecule has 17 heavy (non-hydrogen) atoms. The van der Waals surface area contributed by atoms with Crippen molar-refractivity contribution in [3.8, 4) is 0 Å². The van der Waals surface area contributed by atoms with Crippen LogP contribution >= 0.6 is 0 Å². The van der Waals surface area contributed by atoms with Gasteiger partial charge in [-0.15, -0.1) is 0 Å². The van der Waals surface area contributed by atoms with Gasteiger partial charge in [0.05, 0.1) is 6.54 Å². The maximum atomic E-state index is 11.4. The Morgan fingerprint density at radius 2 is 2.18 bits per heavy atom. The third kappa shape index (κ3) is 4.57. The molecule has 0 spiro atoms. The molecule has 0 fully saturated rings. The van der Waals surface area contributed by atoms with Gasteiger partial charge in [-0.2, -0.15) is 0 Å². The molecule has 1 aromatic carbocycles. The number of rotatable bonds is 6. The third-order valence-corrected chi connectivity index (χ3v) is 2.21. The summed E-state index contributed by atoms with van der Waals surface area (Å²) in [6, 6.07) is 9.27. The number of hydrogen-bond acceptors (Lipinski definition) is 3. The second-order valence-corrected chi connectivity index (χ2v) is 3.55. The smallest absolute Gasteiger partial charge is 0.306 e. The van der Waals surface area contributed by atoms with Crippen LogP contribution in [0.1, 0.15) is 31.4 Å². The molecule has 0 N–H and O–H groups in total. The van der Waals surface area contributed by atoms with Crippen molar-refractivity contribution in [2.45, 2.75) is 25.9 Å². The van der Waals surface area contributed by atoms with E-state index in [0.29, 0.717) is 6.42 Å². The fraction of sp³-hybridized carbons (Fsp3) is 0.417. The predicted molar refractivity (Wildman–Crippen MR) is 64.2 cm³/mol. The highest BCUT2D eigenvalue weighted by atomic mass is 16.5. The van der Waals surface area contributed by atoms with E-state index in [9.17, 15) is 4.79 Å². The number of esters is 1. The van der Waals surface area contributed by atoms with E-state index in [1.54, 1.807) is 0 Å². The van der Waals surface area contributed by atoms with Crippen molar-refractivity contribution in [1.29, 1.82) is 0 Å². The molecule has 1 aromatic rings. The van der Waals surface area contributed by atoms with E-state index in [4.69, 9.17) is 10.3 Å². The molecule has 0 unspecified atom stereocenters. The van der Waals surface area contributed by atoms with Gasteiger partial charge >= 0.3 is 5.97 Å². The van der Waals surface area contributed by atoms with Crippen LogP contribution in [0.2, 0.25) is 0 Å². The van der Waals surface area contributed by atoms with Gasteiger partial charge < -0.3 is 4.74 Å². The van der Waals surface area contributed by atoms with Gasteiger partial charge in [0.15, 0.2) is 0 Å². The summed E-state index contributed by atoms with van der Waals surface area (Å²) < 4.78 is 5.28. The lowest BCUT2D eigenvalue weighted by molar-refractivity contribution is -0.149. The van der Waals surface area contributed by atoms with Crippen LogP contribution in [0.25, 0.3) is 10.4 Å². The van der Waals surface area contributed by atoms with E-state index in [2.05, 4.69) is 10.0 Å². The Bertz CT molecular complexity index is 399. The summed E-state index contributed by atoms with van der Waals surface area (Å²) in [5.41, 5.74) is 9.15. The summed E-state index contributed by atoms with van der Waals surface area (Å²) in [7, 11) is 0. The maximum Gasteiger partial charge on any atom is 0.306 e. The Morgan fingerprint density at radius 3 is 2.76 bits per heavy atom. The van der Waals surface area contributed by atoms with Crippen molar-refractivity contribution in [2.75, 3.05) is 6.54 Å². The van der Waals surface area contributed by atoms with Crippen LogP contribution in [0.5, 0.6) is 0 Å². The van der Waals surface area contributed by atoms with Gasteiger partial charge in [0.25, 0.3) is 0 Å². The second-order valence-electron chi connectivity index (χ2n) is 3.55. The van der Waals surface area contributed by atoms with Crippen LogP contribution in [0.15, 0.2) is 35.4 Å². The fourth-order valence-electron chi connectivity index (χ4n) is 1.41. The first-order valence-electron chi connectivity index (χ1n) is 5.53. The zero-order valence-electron chi connectivity index (χ0n) is 9.74. The van der Waals surface area contributed by atoms with Gasteiger partial charge in [-0.3, -0.25) is 4.79 Å². The quantitative estimate of drug-likeness (QED) is 0.327. The first kappa shape index (κ1) is 13.1. The fourth-order valence-corrected chi connectivity index (χ4v) is 1.41. The minimum Gasteiger partial charge on any atom is -0.457 e. The molecular formula is C12H15N3O2. The van der Waals surface area contributed by atoms with Crippen LogP contribution in [-0.4, -0.2) is 12.5 Å². The van der Waals surface area contributed by atoms with E-state index >= 15 is 0 Å². The monoisotopic (exact) mass is 233 g/mol. The van der Waals surface area contributed by atoms with Gasteiger partial charge in [-0.25, -0.2) is 0 Å². The average Bonchev–Trinajstić information content (AvgIpc) is 2.36. The Hall–Kier alpha value is -2.00. The summed E-state index contributed by atoms with van der Waals surface area (Å²) in [4.78, 5) is 14.1. The van der Waals surface area contributed by atoms with Gasteiger partial charge in [-0.1, -0.05) is 42.4 Å². The molecule has 0 radical (unpaired) electrons. The van der Waals surface area contributed by atoms with E-state index in [-0.39, 0.29) is 12.5 Å². The molecule has 5 heteroatoms. The zero-order chi connectivity index (χ0) is 12.5. The normalized spacial score (nSPS) is 11.4. The third-order valence-electron chi connectivity index (χ3n) is 2.21. The summed E-state index contributed by atoms with van der Waals surface area (Å²) in [5, 5.41) is 3.47. The predicted octanol–water partition coefficient (Wildman–Crippen LogP) is 3.38. The van der Waals surface area contributed by atoms with Crippen molar-refractivity contribution in [3.63, 3.8) is 0 Å². The second kappa shape index (κ2) is 7.30. The number of benzene rings is 1. The minimum atomic E-state index is -0.494. The first-order chi connectivity index (χ1) is 8.27. The number of hydrogen-bond donors (Lipinski definition) is 0. The van der Waals surface area contributed by atoms with Crippen LogP contribution < -0.4 is 0 Å². The number of carbonyl (C=O) groups is 1. The molecule has 0 heterocycles. The highest BCUT2D eigenvalue weighted by Crippen LogP contribution is 2.18. The maximum absolute atomic E-state index is 11.4. The van der Waals surface area contributed by atoms with Crippen molar-refractivity contribution in [2.24, 2.45) is 5.11 Å². The molecule has 0 aliphatic carbocycles. The standard InChI is InChI=1S/C12H15N3O2/c1-2-6-12(16)17-11(9-14-15-13)10-7-4-3-5-8-10/h3-5,7-8,11H,2,6,9H2,1H3/t11-/m0/s1. The van der Waals surface area contributed by atoms with Crippen LogP contribution in [0.4, 0.5) is 0 Å².